The number of nitrogens with one attached hydrogen (secondary N) is 1. The first kappa shape index (κ1) is 14.5. The Kier molecular flexibility index (Phi) is 4.06. The van der Waals surface area contributed by atoms with E-state index in [1.807, 2.05) is 33.8 Å². The van der Waals surface area contributed by atoms with Crippen molar-refractivity contribution in [3.8, 4) is 0 Å². The summed E-state index contributed by atoms with van der Waals surface area (Å²) in [5.41, 5.74) is 1.86. The first-order valence-corrected chi connectivity index (χ1v) is 7.26. The van der Waals surface area contributed by atoms with Crippen LogP contribution in [0.3, 0.4) is 0 Å². The molecule has 0 saturated carbocycles. The van der Waals surface area contributed by atoms with E-state index in [1.165, 1.54) is 0 Å². The van der Waals surface area contributed by atoms with Gasteiger partial charge in [-0.05, 0) is 17.7 Å². The van der Waals surface area contributed by atoms with Crippen molar-refractivity contribution in [3.05, 3.63) is 36.3 Å². The highest BCUT2D eigenvalue weighted by Gasteiger charge is 2.22. The molecule has 1 aliphatic rings. The van der Waals surface area contributed by atoms with Crippen molar-refractivity contribution in [1.29, 1.82) is 0 Å². The van der Waals surface area contributed by atoms with Crippen LogP contribution in [0.2, 0.25) is 0 Å². The number of carbonyl (C=O) groups is 2. The highest BCUT2D eigenvalue weighted by molar-refractivity contribution is 5.81. The summed E-state index contributed by atoms with van der Waals surface area (Å²) in [4.78, 5) is 31.4. The lowest BCUT2D eigenvalue weighted by Gasteiger charge is -2.31. The molecule has 7 heteroatoms. The first-order valence-electron chi connectivity index (χ1n) is 7.26. The average Bonchev–Trinajstić information content (AvgIpc) is 2.96. The summed E-state index contributed by atoms with van der Waals surface area (Å²) < 4.78 is 1.92. The largest absolute Gasteiger partial charge is 0.351 e. The zero-order valence-corrected chi connectivity index (χ0v) is 12.5. The van der Waals surface area contributed by atoms with Crippen molar-refractivity contribution < 1.29 is 9.59 Å². The summed E-state index contributed by atoms with van der Waals surface area (Å²) in [6.45, 7) is 2.43. The van der Waals surface area contributed by atoms with Gasteiger partial charge in [0.15, 0.2) is 0 Å². The van der Waals surface area contributed by atoms with E-state index >= 15 is 0 Å². The van der Waals surface area contributed by atoms with Gasteiger partial charge in [0.1, 0.15) is 5.65 Å². The highest BCUT2D eigenvalue weighted by Crippen LogP contribution is 2.05. The van der Waals surface area contributed by atoms with Crippen LogP contribution >= 0.6 is 0 Å². The number of carbonyl (C=O) groups excluding carboxylic acids is 2. The van der Waals surface area contributed by atoms with Crippen molar-refractivity contribution in [2.24, 2.45) is 0 Å². The van der Waals surface area contributed by atoms with E-state index in [0.717, 1.165) is 17.8 Å². The Morgan fingerprint density at radius 2 is 2.23 bits per heavy atom. The van der Waals surface area contributed by atoms with Crippen molar-refractivity contribution in [2.75, 3.05) is 33.2 Å². The third-order valence-electron chi connectivity index (χ3n) is 3.86. The molecule has 22 heavy (non-hydrogen) atoms. The van der Waals surface area contributed by atoms with Crippen LogP contribution in [-0.2, 0) is 16.1 Å². The molecular weight excluding hydrogens is 282 g/mol. The number of amides is 2. The molecule has 1 N–H and O–H groups in total. The van der Waals surface area contributed by atoms with Gasteiger partial charge in [0.25, 0.3) is 0 Å². The van der Waals surface area contributed by atoms with Gasteiger partial charge in [-0.1, -0.05) is 0 Å². The maximum atomic E-state index is 12.0. The predicted molar refractivity (Wildman–Crippen MR) is 81.1 cm³/mol. The molecule has 2 aromatic rings. The third kappa shape index (κ3) is 3.25. The zero-order valence-electron chi connectivity index (χ0n) is 12.5. The second-order valence-electron chi connectivity index (χ2n) is 5.53. The van der Waals surface area contributed by atoms with E-state index in [0.29, 0.717) is 19.6 Å². The van der Waals surface area contributed by atoms with Crippen molar-refractivity contribution in [1.82, 2.24) is 24.5 Å². The van der Waals surface area contributed by atoms with Crippen LogP contribution in [0.15, 0.2) is 30.7 Å². The lowest BCUT2D eigenvalue weighted by molar-refractivity contribution is -0.135. The summed E-state index contributed by atoms with van der Waals surface area (Å²) in [6.07, 6.45) is 5.53. The predicted octanol–water partition coefficient (Wildman–Crippen LogP) is -0.275. The van der Waals surface area contributed by atoms with Gasteiger partial charge in [0.05, 0.1) is 13.1 Å². The van der Waals surface area contributed by atoms with Crippen LogP contribution in [0.5, 0.6) is 0 Å². The number of pyridine rings is 1. The standard InChI is InChI=1S/C15H19N5O2/c1-18-6-7-19(11-15(18)22)10-14(21)17-9-12-2-4-20-5-3-16-13(20)8-12/h2-5,8H,6-7,9-11H2,1H3,(H,17,21). The number of hydrogen-bond acceptors (Lipinski definition) is 4. The van der Waals surface area contributed by atoms with Gasteiger partial charge in [0, 0.05) is 45.3 Å². The first-order chi connectivity index (χ1) is 10.6. The SMILES string of the molecule is CN1CCN(CC(=O)NCc2ccn3ccnc3c2)CC1=O. The van der Waals surface area contributed by atoms with E-state index in [-0.39, 0.29) is 18.4 Å². The second-order valence-corrected chi connectivity index (χ2v) is 5.53. The normalized spacial score (nSPS) is 16.2. The number of nitrogens with zero attached hydrogens (tertiary/aromatic N) is 4. The van der Waals surface area contributed by atoms with E-state index in [4.69, 9.17) is 0 Å². The average molecular weight is 301 g/mol. The molecule has 1 saturated heterocycles. The van der Waals surface area contributed by atoms with Crippen molar-refractivity contribution in [3.63, 3.8) is 0 Å². The lowest BCUT2D eigenvalue weighted by atomic mass is 10.2. The van der Waals surface area contributed by atoms with E-state index in [1.54, 1.807) is 18.1 Å². The zero-order chi connectivity index (χ0) is 15.5. The number of fused-ring (bicyclic) bond motifs is 1. The Morgan fingerprint density at radius 3 is 3.05 bits per heavy atom. The number of aromatic nitrogens is 2. The lowest BCUT2D eigenvalue weighted by Crippen LogP contribution is -2.51. The number of hydrogen-bond donors (Lipinski definition) is 1. The molecule has 1 fully saturated rings. The van der Waals surface area contributed by atoms with Gasteiger partial charge in [-0.2, -0.15) is 0 Å². The van der Waals surface area contributed by atoms with Crippen LogP contribution < -0.4 is 5.32 Å². The minimum absolute atomic E-state index is 0.0591. The van der Waals surface area contributed by atoms with Gasteiger partial charge < -0.3 is 14.6 Å². The van der Waals surface area contributed by atoms with Crippen LogP contribution in [0.4, 0.5) is 0 Å². The van der Waals surface area contributed by atoms with Crippen LogP contribution in [-0.4, -0.2) is 64.2 Å². The Labute approximate surface area is 128 Å². The molecule has 0 atom stereocenters. The van der Waals surface area contributed by atoms with Crippen molar-refractivity contribution >= 4 is 17.5 Å². The summed E-state index contributed by atoms with van der Waals surface area (Å²) in [5.74, 6) is -0.00984. The Bertz CT molecular complexity index is 696. The quantitative estimate of drug-likeness (QED) is 0.843. The molecule has 0 aromatic carbocycles. The number of piperazine rings is 1. The molecule has 116 valence electrons. The Hall–Kier alpha value is -2.41. The fraction of sp³-hybridized carbons (Fsp3) is 0.400. The fourth-order valence-electron chi connectivity index (χ4n) is 2.46. The topological polar surface area (TPSA) is 69.9 Å². The molecule has 3 heterocycles. The van der Waals surface area contributed by atoms with Crippen LogP contribution in [0, 0.1) is 0 Å². The summed E-state index contributed by atoms with van der Waals surface area (Å²) in [7, 11) is 1.78. The monoisotopic (exact) mass is 301 g/mol. The smallest absolute Gasteiger partial charge is 0.236 e. The molecule has 0 unspecified atom stereocenters. The van der Waals surface area contributed by atoms with Gasteiger partial charge in [0.2, 0.25) is 11.8 Å². The molecule has 0 aliphatic carbocycles. The molecule has 7 nitrogen and oxygen atoms in total. The summed E-state index contributed by atoms with van der Waals surface area (Å²) in [6, 6.07) is 3.90. The molecule has 2 amide bonds. The van der Waals surface area contributed by atoms with Gasteiger partial charge in [-0.25, -0.2) is 4.98 Å². The molecule has 0 bridgehead atoms. The van der Waals surface area contributed by atoms with Gasteiger partial charge >= 0.3 is 0 Å². The summed E-state index contributed by atoms with van der Waals surface area (Å²) >= 11 is 0. The van der Waals surface area contributed by atoms with Gasteiger partial charge in [-0.3, -0.25) is 14.5 Å². The second kappa shape index (κ2) is 6.15. The van der Waals surface area contributed by atoms with Crippen LogP contribution in [0.25, 0.3) is 5.65 Å². The number of rotatable bonds is 4. The molecule has 3 rings (SSSR count). The van der Waals surface area contributed by atoms with E-state index in [9.17, 15) is 9.59 Å². The van der Waals surface area contributed by atoms with Crippen LogP contribution in [0.1, 0.15) is 5.56 Å². The van der Waals surface area contributed by atoms with Crippen molar-refractivity contribution in [2.45, 2.75) is 6.54 Å². The minimum Gasteiger partial charge on any atom is -0.351 e. The van der Waals surface area contributed by atoms with Gasteiger partial charge in [-0.15, -0.1) is 0 Å². The number of imidazole rings is 1. The molecule has 0 spiro atoms. The van der Waals surface area contributed by atoms with E-state index in [2.05, 4.69) is 10.3 Å². The number of likely N-dealkylation sites (N-methyl/N-ethyl adjacent to an activating group) is 1. The Morgan fingerprint density at radius 1 is 1.36 bits per heavy atom. The third-order valence-corrected chi connectivity index (χ3v) is 3.86. The molecule has 0 radical (unpaired) electrons. The molecular formula is C15H19N5O2. The van der Waals surface area contributed by atoms with E-state index < -0.39 is 0 Å². The molecule has 2 aromatic heterocycles. The molecule has 1 aliphatic heterocycles. The Balaban J connectivity index is 1.50. The fourth-order valence-corrected chi connectivity index (χ4v) is 2.46. The minimum atomic E-state index is -0.0689. The highest BCUT2D eigenvalue weighted by atomic mass is 16.2. The summed E-state index contributed by atoms with van der Waals surface area (Å²) in [5, 5.41) is 2.89. The maximum absolute atomic E-state index is 12.0. The maximum Gasteiger partial charge on any atom is 0.236 e.